The number of amides is 1. The maximum atomic E-state index is 13.3. The molecular weight excluding hydrogens is 454 g/mol. The smallest absolute Gasteiger partial charge is 0.232 e. The molecule has 35 heavy (non-hydrogen) atoms. The van der Waals surface area contributed by atoms with E-state index in [0.29, 0.717) is 11.1 Å². The van der Waals surface area contributed by atoms with Crippen molar-refractivity contribution in [2.24, 2.45) is 5.92 Å². The van der Waals surface area contributed by atoms with Gasteiger partial charge in [0.25, 0.3) is 0 Å². The minimum absolute atomic E-state index is 0.00353. The van der Waals surface area contributed by atoms with E-state index in [-0.39, 0.29) is 11.8 Å². The number of hydrogen-bond donors (Lipinski definition) is 1. The van der Waals surface area contributed by atoms with E-state index in [9.17, 15) is 4.79 Å². The Hall–Kier alpha value is -2.82. The van der Waals surface area contributed by atoms with E-state index in [4.69, 9.17) is 9.97 Å². The third-order valence-electron chi connectivity index (χ3n) is 5.78. The number of rotatable bonds is 7. The highest BCUT2D eigenvalue weighted by molar-refractivity contribution is 7.97. The molecule has 0 bridgehead atoms. The molecular formula is C28H37N5OS. The number of aromatic nitrogens is 3. The van der Waals surface area contributed by atoms with E-state index in [1.54, 1.807) is 11.9 Å². The van der Waals surface area contributed by atoms with Crippen molar-refractivity contribution in [3.8, 4) is 11.8 Å². The fourth-order valence-electron chi connectivity index (χ4n) is 4.19. The van der Waals surface area contributed by atoms with E-state index < -0.39 is 0 Å². The number of nitrogens with one attached hydrogen (secondary N) is 1. The summed E-state index contributed by atoms with van der Waals surface area (Å²) in [5.74, 6) is 6.78. The molecule has 0 aliphatic heterocycles. The lowest BCUT2D eigenvalue weighted by atomic mass is 9.95. The number of hydrogen-bond acceptors (Lipinski definition) is 5. The first-order chi connectivity index (χ1) is 17.0. The number of para-hydroxylation sites is 2. The second-order valence-electron chi connectivity index (χ2n) is 8.50. The minimum Gasteiger partial charge on any atom is -0.310 e. The van der Waals surface area contributed by atoms with Crippen molar-refractivity contribution >= 4 is 45.9 Å². The third-order valence-corrected chi connectivity index (χ3v) is 6.87. The SMILES string of the molecule is CC.CC#Cc1c(NC(=O)C2C=CC(SN(C)C)CC2)n(CCCC)c2nc3ccccc3nc12. The molecule has 7 heteroatoms. The van der Waals surface area contributed by atoms with Gasteiger partial charge in [-0.1, -0.05) is 69.3 Å². The Kier molecular flexibility index (Phi) is 9.76. The first-order valence-electron chi connectivity index (χ1n) is 12.6. The van der Waals surface area contributed by atoms with Gasteiger partial charge in [-0.2, -0.15) is 0 Å². The number of carbonyl (C=O) groups excluding carboxylic acids is 1. The van der Waals surface area contributed by atoms with Crippen molar-refractivity contribution in [1.29, 1.82) is 0 Å². The van der Waals surface area contributed by atoms with Crippen LogP contribution in [0, 0.1) is 17.8 Å². The summed E-state index contributed by atoms with van der Waals surface area (Å²) in [5, 5.41) is 3.63. The molecule has 0 radical (unpaired) electrons. The third kappa shape index (κ3) is 6.25. The number of carbonyl (C=O) groups is 1. The van der Waals surface area contributed by atoms with Gasteiger partial charge in [-0.25, -0.2) is 9.97 Å². The van der Waals surface area contributed by atoms with Crippen molar-refractivity contribution in [3.05, 3.63) is 42.0 Å². The number of benzene rings is 1. The summed E-state index contributed by atoms with van der Waals surface area (Å²) < 4.78 is 4.20. The predicted octanol–water partition coefficient (Wildman–Crippen LogP) is 6.27. The van der Waals surface area contributed by atoms with Crippen LogP contribution in [0.3, 0.4) is 0 Å². The molecule has 0 saturated heterocycles. The molecule has 2 unspecified atom stereocenters. The molecule has 0 fully saturated rings. The number of unbranched alkanes of at least 4 members (excludes halogenated alkanes) is 1. The van der Waals surface area contributed by atoms with Gasteiger partial charge in [-0.15, -0.1) is 5.92 Å². The maximum Gasteiger partial charge on any atom is 0.232 e. The van der Waals surface area contributed by atoms with Gasteiger partial charge in [-0.3, -0.25) is 9.10 Å². The molecule has 6 nitrogen and oxygen atoms in total. The molecule has 186 valence electrons. The van der Waals surface area contributed by atoms with Gasteiger partial charge in [-0.05, 0) is 52.4 Å². The molecule has 1 N–H and O–H groups in total. The second-order valence-corrected chi connectivity index (χ2v) is 10.0. The summed E-state index contributed by atoms with van der Waals surface area (Å²) in [7, 11) is 4.10. The van der Waals surface area contributed by atoms with Crippen LogP contribution in [0.1, 0.15) is 58.9 Å². The zero-order valence-corrected chi connectivity index (χ0v) is 22.6. The minimum atomic E-state index is -0.149. The highest BCUT2D eigenvalue weighted by Crippen LogP contribution is 2.32. The predicted molar refractivity (Wildman–Crippen MR) is 149 cm³/mol. The lowest BCUT2D eigenvalue weighted by molar-refractivity contribution is -0.118. The highest BCUT2D eigenvalue weighted by atomic mass is 32.2. The lowest BCUT2D eigenvalue weighted by Gasteiger charge is -2.24. The van der Waals surface area contributed by atoms with Gasteiger partial charge < -0.3 is 9.88 Å². The topological polar surface area (TPSA) is 63.1 Å². The molecule has 1 amide bonds. The molecule has 0 spiro atoms. The zero-order chi connectivity index (χ0) is 25.4. The van der Waals surface area contributed by atoms with Crippen LogP contribution in [0.15, 0.2) is 36.4 Å². The van der Waals surface area contributed by atoms with Crippen molar-refractivity contribution in [1.82, 2.24) is 18.8 Å². The summed E-state index contributed by atoms with van der Waals surface area (Å²) in [6.45, 7) is 8.72. The summed E-state index contributed by atoms with van der Waals surface area (Å²) in [4.78, 5) is 23.1. The Morgan fingerprint density at radius 1 is 1.17 bits per heavy atom. The van der Waals surface area contributed by atoms with E-state index in [0.717, 1.165) is 60.0 Å². The number of fused-ring (bicyclic) bond motifs is 2. The quantitative estimate of drug-likeness (QED) is 0.240. The first-order valence-corrected chi connectivity index (χ1v) is 13.4. The molecule has 2 atom stereocenters. The van der Waals surface area contributed by atoms with Gasteiger partial charge >= 0.3 is 0 Å². The molecule has 1 aliphatic rings. The van der Waals surface area contributed by atoms with Crippen LogP contribution in [0.4, 0.5) is 5.82 Å². The van der Waals surface area contributed by atoms with E-state index in [1.165, 1.54) is 0 Å². The molecule has 1 aromatic carbocycles. The molecule has 2 aromatic heterocycles. The van der Waals surface area contributed by atoms with E-state index in [1.807, 2.05) is 59.1 Å². The molecule has 0 saturated carbocycles. The Morgan fingerprint density at radius 2 is 1.89 bits per heavy atom. The largest absolute Gasteiger partial charge is 0.310 e. The Balaban J connectivity index is 0.00000167. The van der Waals surface area contributed by atoms with E-state index in [2.05, 4.69) is 45.1 Å². The maximum absolute atomic E-state index is 13.3. The standard InChI is InChI=1S/C26H31N5OS.C2H6/c1-5-7-17-31-24(29-26(32)18-13-15-19(16-14-18)33-30(3)4)20(10-6-2)23-25(31)28-22-12-9-8-11-21(22)27-23;1-2/h8-9,11-13,15,18-19H,5,7,14,16-17H2,1-4H3,(H,29,32);1-2H3. The van der Waals surface area contributed by atoms with Crippen molar-refractivity contribution in [3.63, 3.8) is 0 Å². The molecule has 4 rings (SSSR count). The fraction of sp³-hybridized carbons (Fsp3) is 0.464. The normalized spacial score (nSPS) is 17.1. The van der Waals surface area contributed by atoms with Gasteiger partial charge in [0.2, 0.25) is 5.91 Å². The summed E-state index contributed by atoms with van der Waals surface area (Å²) in [6, 6.07) is 7.86. The second kappa shape index (κ2) is 12.8. The number of nitrogens with zero attached hydrogens (tertiary/aromatic N) is 4. The van der Waals surface area contributed by atoms with Crippen LogP contribution < -0.4 is 5.32 Å². The summed E-state index contributed by atoms with van der Waals surface area (Å²) in [5.41, 5.74) is 3.94. The van der Waals surface area contributed by atoms with Crippen molar-refractivity contribution in [2.75, 3.05) is 19.4 Å². The van der Waals surface area contributed by atoms with Gasteiger partial charge in [0.15, 0.2) is 5.65 Å². The average molecular weight is 492 g/mol. The Labute approximate surface area is 213 Å². The molecule has 2 heterocycles. The average Bonchev–Trinajstić information content (AvgIpc) is 3.14. The van der Waals surface area contributed by atoms with Crippen molar-refractivity contribution in [2.45, 2.75) is 65.2 Å². The zero-order valence-electron chi connectivity index (χ0n) is 21.8. The van der Waals surface area contributed by atoms with Gasteiger partial charge in [0.1, 0.15) is 11.3 Å². The van der Waals surface area contributed by atoms with Crippen LogP contribution in [0.2, 0.25) is 0 Å². The lowest BCUT2D eigenvalue weighted by Crippen LogP contribution is -2.26. The van der Waals surface area contributed by atoms with Crippen LogP contribution in [-0.4, -0.2) is 44.1 Å². The summed E-state index contributed by atoms with van der Waals surface area (Å²) >= 11 is 1.79. The monoisotopic (exact) mass is 491 g/mol. The fourth-order valence-corrected chi connectivity index (χ4v) is 5.13. The highest BCUT2D eigenvalue weighted by Gasteiger charge is 2.26. The first kappa shape index (κ1) is 26.8. The summed E-state index contributed by atoms with van der Waals surface area (Å²) in [6.07, 6.45) is 8.04. The Bertz CT molecular complexity index is 1250. The van der Waals surface area contributed by atoms with Gasteiger partial charge in [0, 0.05) is 11.8 Å². The molecule has 1 aliphatic carbocycles. The van der Waals surface area contributed by atoms with Crippen LogP contribution in [0.25, 0.3) is 22.2 Å². The molecule has 3 aromatic rings. The van der Waals surface area contributed by atoms with Crippen LogP contribution in [-0.2, 0) is 11.3 Å². The number of aryl methyl sites for hydroxylation is 1. The number of anilines is 1. The van der Waals surface area contributed by atoms with Crippen LogP contribution >= 0.6 is 11.9 Å². The van der Waals surface area contributed by atoms with E-state index >= 15 is 0 Å². The van der Waals surface area contributed by atoms with Crippen LogP contribution in [0.5, 0.6) is 0 Å². The van der Waals surface area contributed by atoms with Crippen molar-refractivity contribution < 1.29 is 4.79 Å². The van der Waals surface area contributed by atoms with Gasteiger partial charge in [0.05, 0.1) is 22.5 Å². The Morgan fingerprint density at radius 3 is 2.49 bits per heavy atom.